The van der Waals surface area contributed by atoms with Crippen molar-refractivity contribution >= 4 is 11.8 Å². The van der Waals surface area contributed by atoms with Gasteiger partial charge in [0.1, 0.15) is 11.6 Å². The van der Waals surface area contributed by atoms with Gasteiger partial charge in [-0.1, -0.05) is 0 Å². The quantitative estimate of drug-likeness (QED) is 0.899. The zero-order chi connectivity index (χ0) is 13.2. The van der Waals surface area contributed by atoms with Crippen molar-refractivity contribution < 1.29 is 0 Å². The molecule has 6 nitrogen and oxygen atoms in total. The number of rotatable bonds is 3. The normalized spacial score (nSPS) is 18.0. The van der Waals surface area contributed by atoms with E-state index in [9.17, 15) is 0 Å². The van der Waals surface area contributed by atoms with Crippen LogP contribution in [0.1, 0.15) is 24.0 Å². The fraction of sp³-hybridized carbons (Fsp3) is 0.385. The summed E-state index contributed by atoms with van der Waals surface area (Å²) in [6.45, 7) is 2.87. The molecule has 0 spiro atoms. The van der Waals surface area contributed by atoms with Crippen LogP contribution in [0.25, 0.3) is 0 Å². The van der Waals surface area contributed by atoms with Crippen molar-refractivity contribution in [3.05, 3.63) is 36.0 Å². The summed E-state index contributed by atoms with van der Waals surface area (Å²) in [6.07, 6.45) is 4.60. The first-order valence-corrected chi connectivity index (χ1v) is 6.35. The summed E-state index contributed by atoms with van der Waals surface area (Å²) in [7, 11) is 1.87. The SMILES string of the molecule is CNc1cc([C@H]2CCN2c2ncccn2)nc(C)n1. The van der Waals surface area contributed by atoms with Crippen molar-refractivity contribution in [3.8, 4) is 0 Å². The molecule has 3 heterocycles. The molecule has 98 valence electrons. The van der Waals surface area contributed by atoms with Crippen LogP contribution in [0.2, 0.25) is 0 Å². The standard InChI is InChI=1S/C13H16N6/c1-9-17-10(8-12(14-2)18-9)11-4-7-19(11)13-15-5-3-6-16-13/h3,5-6,8,11H,4,7H2,1-2H3,(H,14,17,18)/t11-/m1/s1. The van der Waals surface area contributed by atoms with E-state index in [0.717, 1.165) is 36.3 Å². The van der Waals surface area contributed by atoms with Crippen LogP contribution in [0.3, 0.4) is 0 Å². The number of hydrogen-bond donors (Lipinski definition) is 1. The van der Waals surface area contributed by atoms with E-state index in [1.165, 1.54) is 0 Å². The number of anilines is 2. The summed E-state index contributed by atoms with van der Waals surface area (Å²) < 4.78 is 0. The molecule has 0 bridgehead atoms. The second-order valence-corrected chi connectivity index (χ2v) is 4.52. The first-order chi connectivity index (χ1) is 9.28. The topological polar surface area (TPSA) is 66.8 Å². The number of aryl methyl sites for hydroxylation is 1. The fourth-order valence-electron chi connectivity index (χ4n) is 2.26. The summed E-state index contributed by atoms with van der Waals surface area (Å²) >= 11 is 0. The van der Waals surface area contributed by atoms with Gasteiger partial charge in [0, 0.05) is 32.1 Å². The van der Waals surface area contributed by atoms with E-state index < -0.39 is 0 Å². The molecular formula is C13H16N6. The first-order valence-electron chi connectivity index (χ1n) is 6.35. The molecule has 1 aliphatic heterocycles. The molecule has 2 aromatic rings. The second kappa shape index (κ2) is 4.79. The minimum Gasteiger partial charge on any atom is -0.373 e. The molecule has 1 atom stereocenters. The van der Waals surface area contributed by atoms with Crippen LogP contribution in [0.4, 0.5) is 11.8 Å². The first kappa shape index (κ1) is 11.8. The monoisotopic (exact) mass is 256 g/mol. The highest BCUT2D eigenvalue weighted by Crippen LogP contribution is 2.35. The number of nitrogens with one attached hydrogen (secondary N) is 1. The maximum Gasteiger partial charge on any atom is 0.225 e. The predicted molar refractivity (Wildman–Crippen MR) is 73.1 cm³/mol. The molecule has 1 fully saturated rings. The van der Waals surface area contributed by atoms with Gasteiger partial charge in [0.2, 0.25) is 5.95 Å². The lowest BCUT2D eigenvalue weighted by Gasteiger charge is -2.40. The second-order valence-electron chi connectivity index (χ2n) is 4.52. The molecule has 2 aromatic heterocycles. The Balaban J connectivity index is 1.89. The molecule has 0 amide bonds. The largest absolute Gasteiger partial charge is 0.373 e. The number of hydrogen-bond acceptors (Lipinski definition) is 6. The van der Waals surface area contributed by atoms with E-state index in [0.29, 0.717) is 0 Å². The molecule has 1 N–H and O–H groups in total. The highest BCUT2D eigenvalue weighted by molar-refractivity contribution is 5.43. The van der Waals surface area contributed by atoms with Crippen LogP contribution in [0.5, 0.6) is 0 Å². The Morgan fingerprint density at radius 2 is 2.05 bits per heavy atom. The van der Waals surface area contributed by atoms with Gasteiger partial charge in [-0.05, 0) is 19.4 Å². The number of aromatic nitrogens is 4. The van der Waals surface area contributed by atoms with Gasteiger partial charge in [-0.25, -0.2) is 19.9 Å². The molecule has 6 heteroatoms. The van der Waals surface area contributed by atoms with Crippen LogP contribution in [0.15, 0.2) is 24.5 Å². The lowest BCUT2D eigenvalue weighted by Crippen LogP contribution is -2.42. The van der Waals surface area contributed by atoms with Gasteiger partial charge in [0.05, 0.1) is 11.7 Å². The molecule has 19 heavy (non-hydrogen) atoms. The van der Waals surface area contributed by atoms with Crippen molar-refractivity contribution in [2.45, 2.75) is 19.4 Å². The third kappa shape index (κ3) is 2.21. The Labute approximate surface area is 111 Å². The highest BCUT2D eigenvalue weighted by Gasteiger charge is 2.32. The van der Waals surface area contributed by atoms with Gasteiger partial charge in [0.15, 0.2) is 0 Å². The van der Waals surface area contributed by atoms with Gasteiger partial charge in [-0.3, -0.25) is 0 Å². The molecule has 1 saturated heterocycles. The van der Waals surface area contributed by atoms with Crippen LogP contribution in [-0.2, 0) is 0 Å². The third-order valence-electron chi connectivity index (χ3n) is 3.28. The zero-order valence-electron chi connectivity index (χ0n) is 11.0. The van der Waals surface area contributed by atoms with Gasteiger partial charge < -0.3 is 10.2 Å². The Hall–Kier alpha value is -2.24. The van der Waals surface area contributed by atoms with Gasteiger partial charge in [-0.2, -0.15) is 0 Å². The van der Waals surface area contributed by atoms with E-state index in [4.69, 9.17) is 0 Å². The van der Waals surface area contributed by atoms with Crippen molar-refractivity contribution in [1.29, 1.82) is 0 Å². The van der Waals surface area contributed by atoms with Gasteiger partial charge in [0.25, 0.3) is 0 Å². The van der Waals surface area contributed by atoms with E-state index in [1.807, 2.05) is 26.1 Å². The van der Waals surface area contributed by atoms with Gasteiger partial charge in [-0.15, -0.1) is 0 Å². The Morgan fingerprint density at radius 3 is 2.68 bits per heavy atom. The minimum absolute atomic E-state index is 0.246. The summed E-state index contributed by atoms with van der Waals surface area (Å²) in [5.74, 6) is 2.40. The van der Waals surface area contributed by atoms with E-state index >= 15 is 0 Å². The zero-order valence-corrected chi connectivity index (χ0v) is 11.0. The van der Waals surface area contributed by atoms with E-state index in [2.05, 4.69) is 30.2 Å². The molecule has 0 unspecified atom stereocenters. The van der Waals surface area contributed by atoms with Crippen LogP contribution in [0, 0.1) is 6.92 Å². The maximum atomic E-state index is 4.53. The molecule has 0 aliphatic carbocycles. The van der Waals surface area contributed by atoms with Gasteiger partial charge >= 0.3 is 0 Å². The lowest BCUT2D eigenvalue weighted by molar-refractivity contribution is 0.444. The molecule has 0 radical (unpaired) electrons. The molecular weight excluding hydrogens is 240 g/mol. The Morgan fingerprint density at radius 1 is 1.26 bits per heavy atom. The fourth-order valence-corrected chi connectivity index (χ4v) is 2.26. The van der Waals surface area contributed by atoms with E-state index in [-0.39, 0.29) is 6.04 Å². The smallest absolute Gasteiger partial charge is 0.225 e. The van der Waals surface area contributed by atoms with Crippen molar-refractivity contribution in [1.82, 2.24) is 19.9 Å². The highest BCUT2D eigenvalue weighted by atomic mass is 15.3. The van der Waals surface area contributed by atoms with Crippen molar-refractivity contribution in [3.63, 3.8) is 0 Å². The van der Waals surface area contributed by atoms with Crippen LogP contribution < -0.4 is 10.2 Å². The summed E-state index contributed by atoms with van der Waals surface area (Å²) in [4.78, 5) is 19.6. The summed E-state index contributed by atoms with van der Waals surface area (Å²) in [6, 6.07) is 4.06. The molecule has 3 rings (SSSR count). The Bertz CT molecular complexity index is 571. The Kier molecular flexibility index (Phi) is 2.98. The molecule has 1 aliphatic rings. The lowest BCUT2D eigenvalue weighted by atomic mass is 10.00. The number of nitrogens with zero attached hydrogens (tertiary/aromatic N) is 5. The van der Waals surface area contributed by atoms with Crippen molar-refractivity contribution in [2.75, 3.05) is 23.8 Å². The predicted octanol–water partition coefficient (Wildman–Crippen LogP) is 1.57. The average Bonchev–Trinajstić information content (AvgIpc) is 2.38. The summed E-state index contributed by atoms with van der Waals surface area (Å²) in [5.41, 5.74) is 1.02. The maximum absolute atomic E-state index is 4.53. The third-order valence-corrected chi connectivity index (χ3v) is 3.28. The molecule has 0 saturated carbocycles. The summed E-state index contributed by atoms with van der Waals surface area (Å²) in [5, 5.41) is 3.06. The minimum atomic E-state index is 0.246. The van der Waals surface area contributed by atoms with Crippen LogP contribution >= 0.6 is 0 Å². The van der Waals surface area contributed by atoms with E-state index in [1.54, 1.807) is 12.4 Å². The molecule has 0 aromatic carbocycles. The van der Waals surface area contributed by atoms with Crippen molar-refractivity contribution in [2.24, 2.45) is 0 Å². The van der Waals surface area contributed by atoms with Crippen LogP contribution in [-0.4, -0.2) is 33.5 Å². The average molecular weight is 256 g/mol.